The van der Waals surface area contributed by atoms with E-state index in [4.69, 9.17) is 27.9 Å². The van der Waals surface area contributed by atoms with Crippen molar-refractivity contribution in [3.8, 4) is 28.0 Å². The number of fused-ring (bicyclic) bond motifs is 1. The summed E-state index contributed by atoms with van der Waals surface area (Å²) < 4.78 is 7.85. The number of methoxy groups -OCH3 is 1. The molecule has 260 valence electrons. The predicted octanol–water partition coefficient (Wildman–Crippen LogP) is 7.72. The third-order valence-electron chi connectivity index (χ3n) is 9.53. The number of halogens is 2. The number of aliphatic hydroxyl groups excluding tert-OH is 1. The number of amides is 1. The Balaban J connectivity index is 1.18. The molecule has 2 atom stereocenters. The van der Waals surface area contributed by atoms with Gasteiger partial charge in [-0.1, -0.05) is 77.8 Å². The fraction of sp³-hybridized carbons (Fsp3) is 0.300. The molecule has 0 bridgehead atoms. The first-order valence-corrected chi connectivity index (χ1v) is 17.7. The Labute approximate surface area is 302 Å². The van der Waals surface area contributed by atoms with Gasteiger partial charge in [-0.25, -0.2) is 0 Å². The number of aryl methyl sites for hydroxylation is 1. The van der Waals surface area contributed by atoms with Gasteiger partial charge in [0.05, 0.1) is 24.7 Å². The van der Waals surface area contributed by atoms with E-state index in [9.17, 15) is 19.8 Å². The quantitative estimate of drug-likeness (QED) is 0.0884. The van der Waals surface area contributed by atoms with Gasteiger partial charge in [-0.05, 0) is 77.8 Å². The molecular weight excluding hydrogens is 673 g/mol. The van der Waals surface area contributed by atoms with Crippen molar-refractivity contribution in [2.75, 3.05) is 20.3 Å². The summed E-state index contributed by atoms with van der Waals surface area (Å²) in [5, 5.41) is 27.4. The summed E-state index contributed by atoms with van der Waals surface area (Å²) in [4.78, 5) is 22.7. The zero-order valence-corrected chi connectivity index (χ0v) is 29.4. The van der Waals surface area contributed by atoms with Gasteiger partial charge in [-0.3, -0.25) is 9.59 Å². The number of carboxylic acids is 1. The first-order chi connectivity index (χ1) is 24.2. The minimum absolute atomic E-state index is 0.130. The highest BCUT2D eigenvalue weighted by Crippen LogP contribution is 2.40. The zero-order chi connectivity index (χ0) is 35.2. The van der Waals surface area contributed by atoms with E-state index in [-0.39, 0.29) is 18.6 Å². The van der Waals surface area contributed by atoms with Crippen molar-refractivity contribution in [3.05, 3.63) is 112 Å². The van der Waals surface area contributed by atoms with Gasteiger partial charge in [0.1, 0.15) is 5.75 Å². The Hall–Kier alpha value is -4.34. The van der Waals surface area contributed by atoms with Crippen molar-refractivity contribution in [3.63, 3.8) is 0 Å². The topological polar surface area (TPSA) is 113 Å². The van der Waals surface area contributed by atoms with Crippen LogP contribution in [0.5, 0.6) is 5.75 Å². The maximum atomic E-state index is 11.5. The van der Waals surface area contributed by atoms with Crippen molar-refractivity contribution >= 4 is 46.0 Å². The summed E-state index contributed by atoms with van der Waals surface area (Å²) in [5.41, 5.74) is 7.99. The molecular formula is C40H41Cl2N3O5. The summed E-state index contributed by atoms with van der Waals surface area (Å²) in [6, 6.07) is 26.9. The van der Waals surface area contributed by atoms with Crippen LogP contribution in [0.2, 0.25) is 10.0 Å². The molecule has 6 rings (SSSR count). The number of aromatic nitrogens is 1. The van der Waals surface area contributed by atoms with E-state index >= 15 is 0 Å². The molecule has 1 fully saturated rings. The lowest BCUT2D eigenvalue weighted by Gasteiger charge is -2.15. The van der Waals surface area contributed by atoms with Crippen molar-refractivity contribution in [2.24, 2.45) is 5.92 Å². The molecule has 10 heteroatoms. The van der Waals surface area contributed by atoms with Crippen LogP contribution >= 0.6 is 23.2 Å². The molecule has 1 aromatic heterocycles. The van der Waals surface area contributed by atoms with E-state index in [0.29, 0.717) is 48.0 Å². The highest BCUT2D eigenvalue weighted by atomic mass is 35.5. The molecule has 5 aromatic rings. The largest absolute Gasteiger partial charge is 0.496 e. The number of ether oxygens (including phenoxy) is 1. The Morgan fingerprint density at radius 3 is 2.50 bits per heavy atom. The van der Waals surface area contributed by atoms with Gasteiger partial charge in [-0.15, -0.1) is 0 Å². The van der Waals surface area contributed by atoms with Crippen molar-refractivity contribution in [2.45, 2.75) is 51.2 Å². The number of rotatable bonds is 15. The molecule has 1 aliphatic rings. The van der Waals surface area contributed by atoms with E-state index in [0.717, 1.165) is 69.4 Å². The van der Waals surface area contributed by atoms with Crippen LogP contribution in [0.1, 0.15) is 42.4 Å². The fourth-order valence-electron chi connectivity index (χ4n) is 6.74. The SMILES string of the molecule is COc1cc(Cn2ccc3c(-c4cccc(-c5ccc(CNC[C@@H]6CCC(=O)N6)cc5)c4Cl)cccc32)c(Cl)cc1CCC[C@@H](CO)C(=O)O. The summed E-state index contributed by atoms with van der Waals surface area (Å²) in [6.07, 6.45) is 5.08. The third-order valence-corrected chi connectivity index (χ3v) is 10.3. The summed E-state index contributed by atoms with van der Waals surface area (Å²) in [5.74, 6) is -0.942. The van der Waals surface area contributed by atoms with Crippen molar-refractivity contribution in [1.82, 2.24) is 15.2 Å². The fourth-order valence-corrected chi connectivity index (χ4v) is 7.32. The van der Waals surface area contributed by atoms with Gasteiger partial charge in [0.2, 0.25) is 5.91 Å². The number of nitrogens with one attached hydrogen (secondary N) is 2. The average Bonchev–Trinajstić information content (AvgIpc) is 3.73. The first kappa shape index (κ1) is 35.5. The summed E-state index contributed by atoms with van der Waals surface area (Å²) in [6.45, 7) is 1.63. The molecule has 2 heterocycles. The minimum atomic E-state index is -0.992. The molecule has 0 spiro atoms. The van der Waals surface area contributed by atoms with E-state index in [2.05, 4.69) is 69.9 Å². The number of aliphatic hydroxyl groups is 1. The number of carbonyl (C=O) groups excluding carboxylic acids is 1. The van der Waals surface area contributed by atoms with Gasteiger partial charge >= 0.3 is 5.97 Å². The number of carboxylic acid groups (broad SMARTS) is 1. The molecule has 1 saturated heterocycles. The second-order valence-electron chi connectivity index (χ2n) is 12.8. The van der Waals surface area contributed by atoms with E-state index in [1.165, 1.54) is 0 Å². The van der Waals surface area contributed by atoms with E-state index in [1.807, 2.05) is 30.3 Å². The van der Waals surface area contributed by atoms with E-state index < -0.39 is 11.9 Å². The molecule has 8 nitrogen and oxygen atoms in total. The van der Waals surface area contributed by atoms with Crippen LogP contribution in [-0.2, 0) is 29.1 Å². The Morgan fingerprint density at radius 2 is 1.78 bits per heavy atom. The molecule has 4 aromatic carbocycles. The van der Waals surface area contributed by atoms with Crippen LogP contribution in [0.4, 0.5) is 0 Å². The number of hydrogen-bond donors (Lipinski definition) is 4. The average molecular weight is 715 g/mol. The van der Waals surface area contributed by atoms with E-state index in [1.54, 1.807) is 7.11 Å². The zero-order valence-electron chi connectivity index (χ0n) is 27.9. The third kappa shape index (κ3) is 8.00. The molecule has 0 unspecified atom stereocenters. The molecule has 4 N–H and O–H groups in total. The lowest BCUT2D eigenvalue weighted by Crippen LogP contribution is -2.35. The first-order valence-electron chi connectivity index (χ1n) is 16.9. The Morgan fingerprint density at radius 1 is 1.02 bits per heavy atom. The minimum Gasteiger partial charge on any atom is -0.496 e. The lowest BCUT2D eigenvalue weighted by atomic mass is 9.96. The predicted molar refractivity (Wildman–Crippen MR) is 199 cm³/mol. The highest BCUT2D eigenvalue weighted by Gasteiger charge is 2.20. The maximum absolute atomic E-state index is 11.5. The van der Waals surface area contributed by atoms with Crippen LogP contribution in [0.3, 0.4) is 0 Å². The van der Waals surface area contributed by atoms with Crippen molar-refractivity contribution < 1.29 is 24.5 Å². The van der Waals surface area contributed by atoms with Crippen LogP contribution < -0.4 is 15.4 Å². The smallest absolute Gasteiger partial charge is 0.308 e. The van der Waals surface area contributed by atoms with Gasteiger partial charge in [-0.2, -0.15) is 0 Å². The number of hydrogen-bond acceptors (Lipinski definition) is 5. The highest BCUT2D eigenvalue weighted by molar-refractivity contribution is 6.36. The number of carbonyl (C=O) groups is 2. The van der Waals surface area contributed by atoms with Gasteiger partial charge in [0.25, 0.3) is 0 Å². The Bertz CT molecular complexity index is 1990. The molecule has 0 radical (unpaired) electrons. The second-order valence-corrected chi connectivity index (χ2v) is 13.6. The van der Waals surface area contributed by atoms with Crippen LogP contribution in [0.25, 0.3) is 33.2 Å². The van der Waals surface area contributed by atoms with Crippen LogP contribution in [0.15, 0.2) is 85.1 Å². The number of benzene rings is 4. The number of nitrogens with zero attached hydrogens (tertiary/aromatic N) is 1. The second kappa shape index (κ2) is 16.1. The molecule has 0 saturated carbocycles. The summed E-state index contributed by atoms with van der Waals surface area (Å²) in [7, 11) is 1.62. The summed E-state index contributed by atoms with van der Waals surface area (Å²) >= 11 is 13.9. The molecule has 1 aliphatic heterocycles. The Kier molecular flexibility index (Phi) is 11.4. The van der Waals surface area contributed by atoms with Crippen LogP contribution in [0, 0.1) is 5.92 Å². The van der Waals surface area contributed by atoms with Crippen LogP contribution in [-0.4, -0.2) is 53.0 Å². The molecule has 0 aliphatic carbocycles. The normalized spacial score (nSPS) is 15.0. The lowest BCUT2D eigenvalue weighted by molar-refractivity contribution is -0.143. The van der Waals surface area contributed by atoms with Crippen molar-refractivity contribution in [1.29, 1.82) is 0 Å². The van der Waals surface area contributed by atoms with Gasteiger partial charge < -0.3 is 30.2 Å². The molecule has 1 amide bonds. The maximum Gasteiger partial charge on any atom is 0.308 e. The van der Waals surface area contributed by atoms with Gasteiger partial charge in [0, 0.05) is 65.3 Å². The van der Waals surface area contributed by atoms with Gasteiger partial charge in [0.15, 0.2) is 0 Å². The molecule has 50 heavy (non-hydrogen) atoms. The monoisotopic (exact) mass is 713 g/mol. The standard InChI is InChI=1S/C40H41Cl2N3O5/c1-50-37-20-29(35(41)19-27(37)5-2-6-28(24-46)40(48)49)23-45-18-17-33-32(8-4-10-36(33)45)34-9-3-7-31(39(34)42)26-13-11-25(12-14-26)21-43-22-30-15-16-38(47)44-30/h3-4,7-14,17-20,28,30,43,46H,2,5-6,15-16,21-24H2,1H3,(H,44,47)(H,48,49)/t28-,30-/m0/s1. The number of aliphatic carboxylic acids is 1.